The number of aromatic nitrogens is 2. The van der Waals surface area contributed by atoms with Crippen molar-refractivity contribution in [1.29, 1.82) is 0 Å². The van der Waals surface area contributed by atoms with Gasteiger partial charge >= 0.3 is 6.03 Å². The summed E-state index contributed by atoms with van der Waals surface area (Å²) in [4.78, 5) is 51.6. The molecular formula is C26H34N6O4. The van der Waals surface area contributed by atoms with Gasteiger partial charge in [0.1, 0.15) is 5.54 Å². The van der Waals surface area contributed by atoms with Crippen molar-refractivity contribution in [2.45, 2.75) is 62.5 Å². The number of carbonyl (C=O) groups is 3. The number of imide groups is 1. The molecule has 1 atom stereocenters. The molecule has 2 aliphatic heterocycles. The van der Waals surface area contributed by atoms with Crippen LogP contribution in [0.1, 0.15) is 51.4 Å². The number of nitrogens with one attached hydrogen (secondary N) is 1. The molecule has 2 aromatic rings. The van der Waals surface area contributed by atoms with Crippen molar-refractivity contribution < 1.29 is 19.5 Å². The number of hydrogen-bond donors (Lipinski definition) is 2. The molecular weight excluding hydrogens is 460 g/mol. The fourth-order valence-corrected chi connectivity index (χ4v) is 6.00. The van der Waals surface area contributed by atoms with Gasteiger partial charge in [-0.25, -0.2) is 4.79 Å². The van der Waals surface area contributed by atoms with Crippen LogP contribution >= 0.6 is 0 Å². The van der Waals surface area contributed by atoms with Crippen LogP contribution in [-0.4, -0.2) is 87.1 Å². The van der Waals surface area contributed by atoms with Crippen LogP contribution in [0.15, 0.2) is 30.7 Å². The summed E-state index contributed by atoms with van der Waals surface area (Å²) in [5.41, 5.74) is 0.0753. The largest absolute Gasteiger partial charge is 0.386 e. The number of carbonyl (C=O) groups excluding carboxylic acids is 3. The van der Waals surface area contributed by atoms with Gasteiger partial charge in [-0.3, -0.25) is 24.5 Å². The van der Waals surface area contributed by atoms with Crippen LogP contribution < -0.4 is 10.2 Å². The first kappa shape index (κ1) is 24.4. The van der Waals surface area contributed by atoms with E-state index in [0.29, 0.717) is 32.2 Å². The van der Waals surface area contributed by atoms with Crippen LogP contribution in [0.25, 0.3) is 10.9 Å². The molecule has 2 saturated heterocycles. The highest BCUT2D eigenvalue weighted by Crippen LogP contribution is 2.35. The van der Waals surface area contributed by atoms with E-state index in [-0.39, 0.29) is 37.4 Å². The minimum absolute atomic E-state index is 0.109. The Morgan fingerprint density at radius 1 is 1.17 bits per heavy atom. The maximum atomic E-state index is 12.9. The van der Waals surface area contributed by atoms with Gasteiger partial charge in [-0.15, -0.1) is 0 Å². The standard InChI is InChI=1S/C26H34N6O4/c1-30(22(33)6-4-15-32-23(34)26(29-24(32)35)10-2-3-11-26)17-25(36)9-5-14-31(18-25)21-8-13-28-20-7-12-27-16-19(20)21/h7-8,12-13,16,36H,2-6,9-11,14-15,17-18H2,1H3,(H,29,35). The monoisotopic (exact) mass is 494 g/mol. The molecule has 3 fully saturated rings. The summed E-state index contributed by atoms with van der Waals surface area (Å²) in [5.74, 6) is -0.261. The second kappa shape index (κ2) is 9.65. The number of amides is 4. The maximum absolute atomic E-state index is 12.9. The number of fused-ring (bicyclic) bond motifs is 1. The molecule has 1 unspecified atom stereocenters. The molecule has 1 saturated carbocycles. The molecule has 36 heavy (non-hydrogen) atoms. The van der Waals surface area contributed by atoms with Crippen LogP contribution in [0.4, 0.5) is 10.5 Å². The Bertz CT molecular complexity index is 1160. The zero-order chi connectivity index (χ0) is 25.3. The lowest BCUT2D eigenvalue weighted by molar-refractivity contribution is -0.135. The predicted octanol–water partition coefficient (Wildman–Crippen LogP) is 2.06. The van der Waals surface area contributed by atoms with E-state index in [9.17, 15) is 19.5 Å². The first-order valence-corrected chi connectivity index (χ1v) is 12.8. The zero-order valence-electron chi connectivity index (χ0n) is 20.8. The van der Waals surface area contributed by atoms with Crippen LogP contribution in [0.2, 0.25) is 0 Å². The number of piperidine rings is 1. The summed E-state index contributed by atoms with van der Waals surface area (Å²) in [7, 11) is 1.70. The van der Waals surface area contributed by atoms with Crippen molar-refractivity contribution in [2.24, 2.45) is 0 Å². The molecule has 4 amide bonds. The number of aliphatic hydroxyl groups is 1. The highest BCUT2D eigenvalue weighted by atomic mass is 16.3. The van der Waals surface area contributed by atoms with Gasteiger partial charge in [-0.1, -0.05) is 12.8 Å². The average molecular weight is 495 g/mol. The number of urea groups is 1. The second-order valence-corrected chi connectivity index (χ2v) is 10.5. The molecule has 192 valence electrons. The number of hydrogen-bond acceptors (Lipinski definition) is 7. The molecule has 2 aromatic heterocycles. The first-order valence-electron chi connectivity index (χ1n) is 12.8. The van der Waals surface area contributed by atoms with Gasteiger partial charge in [0.2, 0.25) is 5.91 Å². The smallest absolute Gasteiger partial charge is 0.325 e. The van der Waals surface area contributed by atoms with Crippen LogP contribution in [0, 0.1) is 0 Å². The van der Waals surface area contributed by atoms with Crippen molar-refractivity contribution in [3.63, 3.8) is 0 Å². The van der Waals surface area contributed by atoms with E-state index in [1.165, 1.54) is 4.90 Å². The maximum Gasteiger partial charge on any atom is 0.325 e. The summed E-state index contributed by atoms with van der Waals surface area (Å²) in [6.07, 6.45) is 10.6. The highest BCUT2D eigenvalue weighted by Gasteiger charge is 2.52. The molecule has 2 N–H and O–H groups in total. The van der Waals surface area contributed by atoms with E-state index in [4.69, 9.17) is 0 Å². The van der Waals surface area contributed by atoms with Crippen molar-refractivity contribution in [2.75, 3.05) is 38.1 Å². The third-order valence-corrected chi connectivity index (χ3v) is 7.85. The van der Waals surface area contributed by atoms with E-state index in [1.54, 1.807) is 30.5 Å². The molecule has 5 rings (SSSR count). The Balaban J connectivity index is 1.15. The Kier molecular flexibility index (Phi) is 6.55. The summed E-state index contributed by atoms with van der Waals surface area (Å²) < 4.78 is 0. The summed E-state index contributed by atoms with van der Waals surface area (Å²) in [5, 5.41) is 15.2. The minimum atomic E-state index is -1.04. The van der Waals surface area contributed by atoms with E-state index >= 15 is 0 Å². The van der Waals surface area contributed by atoms with Gasteiger partial charge in [-0.05, 0) is 44.2 Å². The number of nitrogens with zero attached hydrogens (tertiary/aromatic N) is 5. The van der Waals surface area contributed by atoms with Crippen molar-refractivity contribution in [3.8, 4) is 0 Å². The van der Waals surface area contributed by atoms with Gasteiger partial charge in [-0.2, -0.15) is 0 Å². The van der Waals surface area contributed by atoms with Crippen molar-refractivity contribution >= 4 is 34.4 Å². The second-order valence-electron chi connectivity index (χ2n) is 10.5. The van der Waals surface area contributed by atoms with Gasteiger partial charge in [0.25, 0.3) is 5.91 Å². The quantitative estimate of drug-likeness (QED) is 0.566. The Morgan fingerprint density at radius 2 is 1.97 bits per heavy atom. The molecule has 0 aromatic carbocycles. The van der Waals surface area contributed by atoms with E-state index < -0.39 is 11.1 Å². The van der Waals surface area contributed by atoms with Gasteiger partial charge in [0.05, 0.1) is 17.7 Å². The third kappa shape index (κ3) is 4.61. The Morgan fingerprint density at radius 3 is 2.78 bits per heavy atom. The SMILES string of the molecule is CN(CC1(O)CCCN(c2ccnc3ccncc23)C1)C(=O)CCCN1C(=O)NC2(CCCC2)C1=O. The number of β-amino-alcohol motifs (C(OH)–C–C–N with tert-alkyl or cyclic N) is 1. The molecule has 4 heterocycles. The Hall–Kier alpha value is -3.27. The van der Waals surface area contributed by atoms with E-state index in [0.717, 1.165) is 42.4 Å². The lowest BCUT2D eigenvalue weighted by Crippen LogP contribution is -2.54. The number of anilines is 1. The van der Waals surface area contributed by atoms with Crippen molar-refractivity contribution in [1.82, 2.24) is 25.1 Å². The Labute approximate surface area is 210 Å². The topological polar surface area (TPSA) is 119 Å². The molecule has 1 aliphatic carbocycles. The van der Waals surface area contributed by atoms with E-state index in [2.05, 4.69) is 20.2 Å². The molecule has 10 heteroatoms. The zero-order valence-corrected chi connectivity index (χ0v) is 20.8. The normalized spacial score (nSPS) is 23.5. The fraction of sp³-hybridized carbons (Fsp3) is 0.577. The minimum Gasteiger partial charge on any atom is -0.386 e. The lowest BCUT2D eigenvalue weighted by Gasteiger charge is -2.42. The van der Waals surface area contributed by atoms with Gasteiger partial charge < -0.3 is 20.2 Å². The molecule has 0 radical (unpaired) electrons. The molecule has 3 aliphatic rings. The number of pyridine rings is 2. The fourth-order valence-electron chi connectivity index (χ4n) is 6.00. The van der Waals surface area contributed by atoms with Crippen molar-refractivity contribution in [3.05, 3.63) is 30.7 Å². The number of likely N-dealkylation sites (N-methyl/N-ethyl adjacent to an activating group) is 1. The van der Waals surface area contributed by atoms with Gasteiger partial charge in [0, 0.05) is 62.8 Å². The average Bonchev–Trinajstić information content (AvgIpc) is 3.43. The third-order valence-electron chi connectivity index (χ3n) is 7.85. The summed E-state index contributed by atoms with van der Waals surface area (Å²) >= 11 is 0. The molecule has 0 bridgehead atoms. The van der Waals surface area contributed by atoms with Crippen LogP contribution in [0.5, 0.6) is 0 Å². The molecule has 10 nitrogen and oxygen atoms in total. The predicted molar refractivity (Wildman–Crippen MR) is 134 cm³/mol. The molecule has 1 spiro atoms. The first-order chi connectivity index (χ1) is 17.3. The van der Waals surface area contributed by atoms with E-state index in [1.807, 2.05) is 12.1 Å². The highest BCUT2D eigenvalue weighted by molar-refractivity contribution is 6.07. The lowest BCUT2D eigenvalue weighted by atomic mass is 9.91. The van der Waals surface area contributed by atoms with Gasteiger partial charge in [0.15, 0.2) is 0 Å². The summed E-state index contributed by atoms with van der Waals surface area (Å²) in [6.45, 7) is 1.66. The van der Waals surface area contributed by atoms with Crippen LogP contribution in [-0.2, 0) is 9.59 Å². The number of rotatable bonds is 7. The summed E-state index contributed by atoms with van der Waals surface area (Å²) in [6, 6.07) is 3.46. The van der Waals surface area contributed by atoms with Crippen LogP contribution in [0.3, 0.4) is 0 Å².